The third kappa shape index (κ3) is 8.23. The molecule has 0 amide bonds. The van der Waals surface area contributed by atoms with Crippen LogP contribution in [0.3, 0.4) is 0 Å². The minimum absolute atomic E-state index is 0.0428. The summed E-state index contributed by atoms with van der Waals surface area (Å²) < 4.78 is 6.19. The lowest BCUT2D eigenvalue weighted by Gasteiger charge is -2.28. The highest BCUT2D eigenvalue weighted by atomic mass is 32.1. The Balaban J connectivity index is 1.74. The Labute approximate surface area is 192 Å². The van der Waals surface area contributed by atoms with Crippen LogP contribution in [-0.2, 0) is 9.53 Å². The van der Waals surface area contributed by atoms with E-state index in [2.05, 4.69) is 36.6 Å². The fourth-order valence-electron chi connectivity index (χ4n) is 4.51. The van der Waals surface area contributed by atoms with Gasteiger partial charge in [0.15, 0.2) is 0 Å². The van der Waals surface area contributed by atoms with Gasteiger partial charge < -0.3 is 20.5 Å². The van der Waals surface area contributed by atoms with Crippen LogP contribution in [0.25, 0.3) is 0 Å². The van der Waals surface area contributed by atoms with Gasteiger partial charge in [-0.1, -0.05) is 56.4 Å². The van der Waals surface area contributed by atoms with Gasteiger partial charge in [-0.3, -0.25) is 4.79 Å². The highest BCUT2D eigenvalue weighted by molar-refractivity contribution is 7.80. The summed E-state index contributed by atoms with van der Waals surface area (Å²) in [5, 5.41) is 15.6. The quantitative estimate of drug-likeness (QED) is 0.198. The predicted molar refractivity (Wildman–Crippen MR) is 130 cm³/mol. The number of thiocarbonyl (C=S) groups is 2. The SMILES string of the molecule is CCCCCC(=S)NC(C)C(=S)NC[C@H]1[C@@H](CC=CCCCC(=O)O)[C@H]2CC[C@@H]1O2. The van der Waals surface area contributed by atoms with Crippen LogP contribution in [0.4, 0.5) is 0 Å². The molecule has 2 aliphatic heterocycles. The Kier molecular flexibility index (Phi) is 11.2. The summed E-state index contributed by atoms with van der Waals surface area (Å²) in [6.45, 7) is 5.10. The minimum atomic E-state index is -0.725. The van der Waals surface area contributed by atoms with Gasteiger partial charge in [0.1, 0.15) is 0 Å². The molecule has 0 aromatic heterocycles. The normalized spacial score (nSPS) is 26.1. The van der Waals surface area contributed by atoms with Crippen LogP contribution in [0.1, 0.15) is 78.1 Å². The number of carbonyl (C=O) groups is 1. The first-order valence-corrected chi connectivity index (χ1v) is 12.3. The molecule has 0 spiro atoms. The zero-order chi connectivity index (χ0) is 21.9. The van der Waals surface area contributed by atoms with E-state index in [4.69, 9.17) is 34.3 Å². The van der Waals surface area contributed by atoms with Gasteiger partial charge in [-0.15, -0.1) is 0 Å². The lowest BCUT2D eigenvalue weighted by molar-refractivity contribution is -0.137. The molecule has 2 bridgehead atoms. The molecule has 5 nitrogen and oxygen atoms in total. The van der Waals surface area contributed by atoms with Gasteiger partial charge in [0.2, 0.25) is 0 Å². The Hall–Kier alpha value is -1.05. The Morgan fingerprint density at radius 3 is 2.57 bits per heavy atom. The Bertz CT molecular complexity index is 611. The smallest absolute Gasteiger partial charge is 0.303 e. The first-order chi connectivity index (χ1) is 14.4. The average Bonchev–Trinajstić information content (AvgIpc) is 3.30. The molecule has 0 aromatic carbocycles. The minimum Gasteiger partial charge on any atom is -0.481 e. The number of carboxylic acid groups (broad SMARTS) is 1. The lowest BCUT2D eigenvalue weighted by atomic mass is 9.77. The van der Waals surface area contributed by atoms with E-state index in [0.717, 1.165) is 55.0 Å². The van der Waals surface area contributed by atoms with Gasteiger partial charge in [-0.05, 0) is 57.8 Å². The monoisotopic (exact) mass is 454 g/mol. The van der Waals surface area contributed by atoms with E-state index in [9.17, 15) is 4.79 Å². The van der Waals surface area contributed by atoms with Gasteiger partial charge >= 0.3 is 5.97 Å². The number of allylic oxidation sites excluding steroid dienone is 2. The topological polar surface area (TPSA) is 70.6 Å². The molecule has 2 rings (SSSR count). The van der Waals surface area contributed by atoms with Crippen molar-refractivity contribution in [3.63, 3.8) is 0 Å². The third-order valence-electron chi connectivity index (χ3n) is 6.22. The summed E-state index contributed by atoms with van der Waals surface area (Å²) in [5.41, 5.74) is 0. The fourth-order valence-corrected chi connectivity index (χ4v) is 4.97. The van der Waals surface area contributed by atoms with Crippen LogP contribution in [0, 0.1) is 11.8 Å². The van der Waals surface area contributed by atoms with E-state index in [1.807, 2.05) is 0 Å². The van der Waals surface area contributed by atoms with Crippen LogP contribution in [0.2, 0.25) is 0 Å². The molecule has 0 aliphatic carbocycles. The van der Waals surface area contributed by atoms with E-state index in [0.29, 0.717) is 30.5 Å². The highest BCUT2D eigenvalue weighted by Crippen LogP contribution is 2.44. The zero-order valence-electron chi connectivity index (χ0n) is 18.4. The van der Waals surface area contributed by atoms with E-state index in [-0.39, 0.29) is 12.5 Å². The molecule has 2 aliphatic rings. The van der Waals surface area contributed by atoms with Crippen molar-refractivity contribution in [1.82, 2.24) is 10.6 Å². The highest BCUT2D eigenvalue weighted by Gasteiger charge is 2.47. The second kappa shape index (κ2) is 13.4. The first kappa shape index (κ1) is 25.2. The van der Waals surface area contributed by atoms with Crippen molar-refractivity contribution in [3.05, 3.63) is 12.2 Å². The number of ether oxygens (including phenoxy) is 1. The number of rotatable bonds is 14. The van der Waals surface area contributed by atoms with Crippen LogP contribution in [0.5, 0.6) is 0 Å². The fraction of sp³-hybridized carbons (Fsp3) is 0.783. The number of hydrogen-bond acceptors (Lipinski definition) is 4. The summed E-state index contributed by atoms with van der Waals surface area (Å²) in [6, 6.07) is 0.0428. The van der Waals surface area contributed by atoms with Crippen molar-refractivity contribution >= 4 is 40.4 Å². The Morgan fingerprint density at radius 1 is 1.13 bits per heavy atom. The number of fused-ring (bicyclic) bond motifs is 2. The largest absolute Gasteiger partial charge is 0.481 e. The second-order valence-corrected chi connectivity index (χ2v) is 9.54. The molecule has 5 atom stereocenters. The predicted octanol–water partition coefficient (Wildman–Crippen LogP) is 4.78. The molecule has 0 aromatic rings. The summed E-state index contributed by atoms with van der Waals surface area (Å²) in [7, 11) is 0. The van der Waals surface area contributed by atoms with Crippen molar-refractivity contribution in [1.29, 1.82) is 0 Å². The summed E-state index contributed by atoms with van der Waals surface area (Å²) in [6.07, 6.45) is 14.5. The zero-order valence-corrected chi connectivity index (χ0v) is 20.0. The van der Waals surface area contributed by atoms with E-state index < -0.39 is 5.97 Å². The number of hydrogen-bond donors (Lipinski definition) is 3. The molecule has 0 radical (unpaired) electrons. The van der Waals surface area contributed by atoms with E-state index >= 15 is 0 Å². The van der Waals surface area contributed by atoms with Crippen molar-refractivity contribution < 1.29 is 14.6 Å². The first-order valence-electron chi connectivity index (χ1n) is 11.5. The molecule has 0 saturated carbocycles. The average molecular weight is 455 g/mol. The summed E-state index contributed by atoms with van der Waals surface area (Å²) in [5.74, 6) is 0.250. The lowest BCUT2D eigenvalue weighted by Crippen LogP contribution is -2.46. The maximum Gasteiger partial charge on any atom is 0.303 e. The second-order valence-electron chi connectivity index (χ2n) is 8.60. The molecular weight excluding hydrogens is 416 g/mol. The van der Waals surface area contributed by atoms with E-state index in [1.165, 1.54) is 12.8 Å². The molecule has 30 heavy (non-hydrogen) atoms. The van der Waals surface area contributed by atoms with Crippen LogP contribution in [0.15, 0.2) is 12.2 Å². The van der Waals surface area contributed by atoms with Gasteiger partial charge in [-0.25, -0.2) is 0 Å². The maximum atomic E-state index is 10.6. The summed E-state index contributed by atoms with van der Waals surface area (Å²) in [4.78, 5) is 12.3. The van der Waals surface area contributed by atoms with Crippen LogP contribution >= 0.6 is 24.4 Å². The van der Waals surface area contributed by atoms with Crippen molar-refractivity contribution in [2.75, 3.05) is 6.54 Å². The van der Waals surface area contributed by atoms with Gasteiger partial charge in [-0.2, -0.15) is 0 Å². The number of carboxylic acids is 1. The van der Waals surface area contributed by atoms with Gasteiger partial charge in [0.25, 0.3) is 0 Å². The third-order valence-corrected chi connectivity index (χ3v) is 7.04. The van der Waals surface area contributed by atoms with Crippen molar-refractivity contribution in [2.45, 2.75) is 96.3 Å². The molecule has 170 valence electrons. The van der Waals surface area contributed by atoms with Crippen molar-refractivity contribution in [2.24, 2.45) is 11.8 Å². The number of aliphatic carboxylic acids is 1. The van der Waals surface area contributed by atoms with Gasteiger partial charge in [0.05, 0.1) is 28.2 Å². The molecule has 2 heterocycles. The van der Waals surface area contributed by atoms with Gasteiger partial charge in [0, 0.05) is 18.9 Å². The van der Waals surface area contributed by atoms with E-state index in [1.54, 1.807) is 0 Å². The number of unbranched alkanes of at least 4 members (excludes halogenated alkanes) is 3. The molecule has 1 unspecified atom stereocenters. The molecule has 7 heteroatoms. The Morgan fingerprint density at radius 2 is 1.87 bits per heavy atom. The van der Waals surface area contributed by atoms with Crippen molar-refractivity contribution in [3.8, 4) is 0 Å². The van der Waals surface area contributed by atoms with Crippen LogP contribution in [-0.4, -0.2) is 45.8 Å². The standard InChI is InChI=1S/C23H38N2O3S2/c1-3-4-7-11-21(29)25-16(2)23(30)24-15-18-17(19-13-14-20(18)28-19)10-8-5-6-9-12-22(26)27/h5,8,16-20H,3-4,6-7,9-15H2,1-2H3,(H,24,30)(H,25,29)(H,26,27)/t16?,17-,18+,19-,20+/m1/s1. The summed E-state index contributed by atoms with van der Waals surface area (Å²) >= 11 is 11.1. The molecular formula is C23H38N2O3S2. The van der Waals surface area contributed by atoms with Crippen LogP contribution < -0.4 is 10.6 Å². The molecule has 2 saturated heterocycles. The molecule has 2 fully saturated rings. The maximum absolute atomic E-state index is 10.6. The number of nitrogens with one attached hydrogen (secondary N) is 2. The molecule has 3 N–H and O–H groups in total.